The van der Waals surface area contributed by atoms with E-state index in [1.165, 1.54) is 0 Å². The molecule has 0 bridgehead atoms. The quantitative estimate of drug-likeness (QED) is 0.805. The molecule has 0 unspecified atom stereocenters. The molecule has 2 aromatic rings. The predicted octanol–water partition coefficient (Wildman–Crippen LogP) is 2.66. The average Bonchev–Trinajstić information content (AvgIpc) is 2.65. The topological polar surface area (TPSA) is 67.6 Å². The second-order valence-corrected chi connectivity index (χ2v) is 4.07. The van der Waals surface area contributed by atoms with Crippen molar-refractivity contribution in [3.05, 3.63) is 29.0 Å². The van der Waals surface area contributed by atoms with E-state index in [-0.39, 0.29) is 0 Å². The number of nitrogens with two attached hydrogens (primary N) is 1. The van der Waals surface area contributed by atoms with Gasteiger partial charge in [-0.15, -0.1) is 0 Å². The van der Waals surface area contributed by atoms with Crippen LogP contribution in [0, 0.1) is 0 Å². The summed E-state index contributed by atoms with van der Waals surface area (Å²) in [6.45, 7) is 2.10. The minimum absolute atomic E-state index is 0.594. The molecule has 0 fully saturated rings. The third kappa shape index (κ3) is 2.33. The van der Waals surface area contributed by atoms with Crippen LogP contribution >= 0.6 is 11.6 Å². The highest BCUT2D eigenvalue weighted by molar-refractivity contribution is 6.31. The zero-order chi connectivity index (χ0) is 11.5. The summed E-state index contributed by atoms with van der Waals surface area (Å²) in [6, 6.07) is 5.31. The molecule has 0 radical (unpaired) electrons. The molecule has 0 aliphatic carbocycles. The van der Waals surface area contributed by atoms with Crippen molar-refractivity contribution in [2.75, 3.05) is 5.73 Å². The van der Waals surface area contributed by atoms with E-state index in [0.29, 0.717) is 16.5 Å². The number of nitrogens with zero attached hydrogens (tertiary/aromatic N) is 2. The van der Waals surface area contributed by atoms with Gasteiger partial charge in [-0.25, -0.2) is 4.98 Å². The molecule has 84 valence electrons. The first-order valence-electron chi connectivity index (χ1n) is 5.16. The number of aryl methyl sites for hydroxylation is 1. The van der Waals surface area contributed by atoms with Gasteiger partial charge in [0.1, 0.15) is 5.82 Å². The van der Waals surface area contributed by atoms with E-state index in [2.05, 4.69) is 22.1 Å². The number of hydrogen-bond donors (Lipinski definition) is 2. The number of nitrogens with one attached hydrogen (secondary N) is 1. The highest BCUT2D eigenvalue weighted by atomic mass is 35.5. The standard InChI is InChI=1S/C11H13ClN4/c1-2-3-10-14-11(16-15-10)7-4-8(12)6-9(13)5-7/h4-6H,2-3,13H2,1H3,(H,14,15,16). The lowest BCUT2D eigenvalue weighted by Crippen LogP contribution is -1.88. The number of halogens is 1. The molecule has 0 aliphatic heterocycles. The predicted molar refractivity (Wildman–Crippen MR) is 65.2 cm³/mol. The highest BCUT2D eigenvalue weighted by Gasteiger charge is 2.06. The van der Waals surface area contributed by atoms with Crippen LogP contribution in [-0.2, 0) is 6.42 Å². The van der Waals surface area contributed by atoms with Crippen LogP contribution in [0.3, 0.4) is 0 Å². The maximum atomic E-state index is 5.92. The Labute approximate surface area is 98.8 Å². The number of aromatic nitrogens is 3. The fraction of sp³-hybridized carbons (Fsp3) is 0.273. The van der Waals surface area contributed by atoms with Gasteiger partial charge in [0, 0.05) is 22.7 Å². The molecule has 1 aromatic carbocycles. The van der Waals surface area contributed by atoms with Crippen molar-refractivity contribution < 1.29 is 0 Å². The van der Waals surface area contributed by atoms with Gasteiger partial charge in [0.15, 0.2) is 5.82 Å². The summed E-state index contributed by atoms with van der Waals surface area (Å²) < 4.78 is 0. The normalized spacial score (nSPS) is 10.6. The number of aromatic amines is 1. The SMILES string of the molecule is CCCc1nc(-c2cc(N)cc(Cl)c2)n[nH]1. The molecule has 0 amide bonds. The van der Waals surface area contributed by atoms with Crippen molar-refractivity contribution >= 4 is 17.3 Å². The van der Waals surface area contributed by atoms with Crippen molar-refractivity contribution in [1.29, 1.82) is 0 Å². The molecule has 1 heterocycles. The molecular formula is C11H13ClN4. The summed E-state index contributed by atoms with van der Waals surface area (Å²) in [6.07, 6.45) is 1.93. The minimum Gasteiger partial charge on any atom is -0.399 e. The monoisotopic (exact) mass is 236 g/mol. The molecular weight excluding hydrogens is 224 g/mol. The van der Waals surface area contributed by atoms with Crippen LogP contribution in [0.2, 0.25) is 5.02 Å². The first kappa shape index (κ1) is 11.0. The fourth-order valence-corrected chi connectivity index (χ4v) is 1.76. The van der Waals surface area contributed by atoms with E-state index in [0.717, 1.165) is 24.2 Å². The largest absolute Gasteiger partial charge is 0.399 e. The molecule has 4 nitrogen and oxygen atoms in total. The lowest BCUT2D eigenvalue weighted by Gasteiger charge is -1.98. The third-order valence-corrected chi connectivity index (χ3v) is 2.42. The number of rotatable bonds is 3. The number of benzene rings is 1. The molecule has 0 saturated carbocycles. The summed E-state index contributed by atoms with van der Waals surface area (Å²) in [5, 5.41) is 7.63. The molecule has 2 rings (SSSR count). The van der Waals surface area contributed by atoms with Crippen LogP contribution in [0.5, 0.6) is 0 Å². The van der Waals surface area contributed by atoms with Crippen LogP contribution in [0.1, 0.15) is 19.2 Å². The van der Waals surface area contributed by atoms with Crippen molar-refractivity contribution in [1.82, 2.24) is 15.2 Å². The zero-order valence-electron chi connectivity index (χ0n) is 9.00. The Morgan fingerprint density at radius 1 is 1.38 bits per heavy atom. The van der Waals surface area contributed by atoms with Crippen molar-refractivity contribution in [2.24, 2.45) is 0 Å². The van der Waals surface area contributed by atoms with Gasteiger partial charge in [-0.3, -0.25) is 5.10 Å². The maximum Gasteiger partial charge on any atom is 0.181 e. The van der Waals surface area contributed by atoms with E-state index in [9.17, 15) is 0 Å². The Morgan fingerprint density at radius 2 is 2.19 bits per heavy atom. The molecule has 0 aliphatic rings. The molecule has 16 heavy (non-hydrogen) atoms. The van der Waals surface area contributed by atoms with Crippen molar-refractivity contribution in [3.8, 4) is 11.4 Å². The second-order valence-electron chi connectivity index (χ2n) is 3.63. The first-order chi connectivity index (χ1) is 7.69. The summed E-state index contributed by atoms with van der Waals surface area (Å²) in [7, 11) is 0. The molecule has 5 heteroatoms. The van der Waals surface area contributed by atoms with E-state index in [4.69, 9.17) is 17.3 Å². The van der Waals surface area contributed by atoms with Crippen molar-refractivity contribution in [3.63, 3.8) is 0 Å². The molecule has 1 aromatic heterocycles. The van der Waals surface area contributed by atoms with E-state index < -0.39 is 0 Å². The van der Waals surface area contributed by atoms with Crippen LogP contribution in [-0.4, -0.2) is 15.2 Å². The summed E-state index contributed by atoms with van der Waals surface area (Å²) in [5.41, 5.74) is 7.16. The van der Waals surface area contributed by atoms with Gasteiger partial charge < -0.3 is 5.73 Å². The van der Waals surface area contributed by atoms with E-state index in [1.807, 2.05) is 6.07 Å². The minimum atomic E-state index is 0.594. The van der Waals surface area contributed by atoms with Gasteiger partial charge in [0.25, 0.3) is 0 Å². The fourth-order valence-electron chi connectivity index (χ4n) is 1.51. The van der Waals surface area contributed by atoms with Gasteiger partial charge in [0.05, 0.1) is 0 Å². The van der Waals surface area contributed by atoms with Crippen LogP contribution in [0.4, 0.5) is 5.69 Å². The Morgan fingerprint density at radius 3 is 2.88 bits per heavy atom. The van der Waals surface area contributed by atoms with Gasteiger partial charge >= 0.3 is 0 Å². The Kier molecular flexibility index (Phi) is 3.10. The molecule has 0 saturated heterocycles. The van der Waals surface area contributed by atoms with Crippen LogP contribution in [0.25, 0.3) is 11.4 Å². The lowest BCUT2D eigenvalue weighted by molar-refractivity contribution is 0.841. The van der Waals surface area contributed by atoms with Gasteiger partial charge in [-0.05, 0) is 24.6 Å². The molecule has 0 atom stereocenters. The van der Waals surface area contributed by atoms with Gasteiger partial charge in [-0.2, -0.15) is 5.10 Å². The smallest absolute Gasteiger partial charge is 0.181 e. The lowest BCUT2D eigenvalue weighted by atomic mass is 10.2. The molecule has 3 N–H and O–H groups in total. The zero-order valence-corrected chi connectivity index (χ0v) is 9.75. The number of anilines is 1. The number of hydrogen-bond acceptors (Lipinski definition) is 3. The maximum absolute atomic E-state index is 5.92. The third-order valence-electron chi connectivity index (χ3n) is 2.20. The van der Waals surface area contributed by atoms with Crippen LogP contribution < -0.4 is 5.73 Å². The van der Waals surface area contributed by atoms with Gasteiger partial charge in [0.2, 0.25) is 0 Å². The first-order valence-corrected chi connectivity index (χ1v) is 5.54. The van der Waals surface area contributed by atoms with Gasteiger partial charge in [-0.1, -0.05) is 18.5 Å². The Bertz CT molecular complexity index is 472. The Hall–Kier alpha value is -1.55. The highest BCUT2D eigenvalue weighted by Crippen LogP contribution is 2.23. The number of H-pyrrole nitrogens is 1. The van der Waals surface area contributed by atoms with E-state index >= 15 is 0 Å². The summed E-state index contributed by atoms with van der Waals surface area (Å²) in [5.74, 6) is 1.52. The summed E-state index contributed by atoms with van der Waals surface area (Å²) >= 11 is 5.92. The average molecular weight is 237 g/mol. The number of nitrogen functional groups attached to an aromatic ring is 1. The Balaban J connectivity index is 2.34. The second kappa shape index (κ2) is 4.53. The molecule has 0 spiro atoms. The van der Waals surface area contributed by atoms with Crippen molar-refractivity contribution in [2.45, 2.75) is 19.8 Å². The van der Waals surface area contributed by atoms with Crippen LogP contribution in [0.15, 0.2) is 18.2 Å². The van der Waals surface area contributed by atoms with E-state index in [1.54, 1.807) is 12.1 Å². The summed E-state index contributed by atoms with van der Waals surface area (Å²) in [4.78, 5) is 4.37.